The van der Waals surface area contributed by atoms with Crippen LogP contribution in [0.2, 0.25) is 5.02 Å². The summed E-state index contributed by atoms with van der Waals surface area (Å²) >= 11 is 6.43. The molecule has 1 fully saturated rings. The number of carbonyl (C=O) groups is 2. The molecule has 6 nitrogen and oxygen atoms in total. The number of aromatic nitrogens is 1. The highest BCUT2D eigenvalue weighted by Crippen LogP contribution is 2.35. The van der Waals surface area contributed by atoms with Crippen LogP contribution in [0, 0.1) is 0 Å². The quantitative estimate of drug-likeness (QED) is 0.556. The molecule has 1 unspecified atom stereocenters. The molecule has 1 aromatic carbocycles. The van der Waals surface area contributed by atoms with Crippen LogP contribution < -0.4 is 5.32 Å². The fourth-order valence-corrected chi connectivity index (χ4v) is 5.28. The molecule has 0 saturated heterocycles. The van der Waals surface area contributed by atoms with Crippen LogP contribution in [0.3, 0.4) is 0 Å². The molecule has 2 aliphatic rings. The van der Waals surface area contributed by atoms with Crippen molar-refractivity contribution < 1.29 is 14.0 Å². The number of halogens is 1. The van der Waals surface area contributed by atoms with Gasteiger partial charge in [-0.1, -0.05) is 55.5 Å². The van der Waals surface area contributed by atoms with Gasteiger partial charge >= 0.3 is 0 Å². The smallest absolute Gasteiger partial charge is 0.271 e. The van der Waals surface area contributed by atoms with Crippen molar-refractivity contribution in [2.75, 3.05) is 0 Å². The number of nitrogens with one attached hydrogen (secondary N) is 1. The van der Waals surface area contributed by atoms with Crippen molar-refractivity contribution in [2.24, 2.45) is 0 Å². The summed E-state index contributed by atoms with van der Waals surface area (Å²) in [6.45, 7) is 2.49. The molecule has 32 heavy (non-hydrogen) atoms. The van der Waals surface area contributed by atoms with Crippen molar-refractivity contribution >= 4 is 34.5 Å². The molecule has 168 valence electrons. The lowest BCUT2D eigenvalue weighted by Crippen LogP contribution is -2.64. The Morgan fingerprint density at radius 3 is 2.69 bits per heavy atom. The number of hydrogen-bond acceptors (Lipinski definition) is 3. The van der Waals surface area contributed by atoms with Gasteiger partial charge in [0.05, 0.1) is 18.3 Å². The summed E-state index contributed by atoms with van der Waals surface area (Å²) in [5, 5.41) is 3.87. The third kappa shape index (κ3) is 3.60. The molecule has 0 spiro atoms. The number of benzene rings is 1. The molecule has 2 aromatic heterocycles. The Morgan fingerprint density at radius 2 is 1.94 bits per heavy atom. The minimum atomic E-state index is -1.06. The van der Waals surface area contributed by atoms with Gasteiger partial charge in [-0.3, -0.25) is 9.59 Å². The monoisotopic (exact) mass is 453 g/mol. The van der Waals surface area contributed by atoms with Crippen LogP contribution in [0.4, 0.5) is 0 Å². The lowest BCUT2D eigenvalue weighted by atomic mass is 9.93. The van der Waals surface area contributed by atoms with Gasteiger partial charge in [-0.05, 0) is 31.4 Å². The first-order chi connectivity index (χ1) is 15.5. The maximum atomic E-state index is 13.8. The molecule has 1 saturated carbocycles. The lowest BCUT2D eigenvalue weighted by Gasteiger charge is -2.44. The van der Waals surface area contributed by atoms with Crippen LogP contribution in [0.1, 0.15) is 61.5 Å². The second-order valence-corrected chi connectivity index (χ2v) is 9.61. The summed E-state index contributed by atoms with van der Waals surface area (Å²) in [7, 11) is 0. The Labute approximate surface area is 192 Å². The summed E-state index contributed by atoms with van der Waals surface area (Å²) < 4.78 is 7.46. The van der Waals surface area contributed by atoms with Gasteiger partial charge in [0.1, 0.15) is 11.2 Å². The van der Waals surface area contributed by atoms with E-state index in [2.05, 4.69) is 5.32 Å². The molecule has 1 aliphatic carbocycles. The Bertz CT molecular complexity index is 1160. The average Bonchev–Trinajstić information content (AvgIpc) is 3.27. The standard InChI is InChI=1S/C25H28ClN3O3/c1-25(24(31)27-18-9-4-2-3-5-10-18)16-28-20-12-13-32-22(20)14-21(28)23(30)29(25)15-17-8-6-7-11-19(17)26/h6-8,11-14,18H,2-5,9-10,15-16H2,1H3,(H,27,31). The van der Waals surface area contributed by atoms with Gasteiger partial charge in [-0.2, -0.15) is 0 Å². The first-order valence-electron chi connectivity index (χ1n) is 11.4. The Balaban J connectivity index is 1.53. The van der Waals surface area contributed by atoms with Crippen molar-refractivity contribution in [3.63, 3.8) is 0 Å². The molecular formula is C25H28ClN3O3. The second-order valence-electron chi connectivity index (χ2n) is 9.20. The lowest BCUT2D eigenvalue weighted by molar-refractivity contribution is -0.134. The topological polar surface area (TPSA) is 67.5 Å². The first-order valence-corrected chi connectivity index (χ1v) is 11.8. The number of carbonyl (C=O) groups excluding carboxylic acids is 2. The summed E-state index contributed by atoms with van der Waals surface area (Å²) in [5.74, 6) is -0.304. The van der Waals surface area contributed by atoms with Gasteiger partial charge in [-0.15, -0.1) is 0 Å². The van der Waals surface area contributed by atoms with E-state index >= 15 is 0 Å². The number of nitrogens with zero attached hydrogens (tertiary/aromatic N) is 2. The van der Waals surface area contributed by atoms with Crippen LogP contribution in [0.15, 0.2) is 47.1 Å². The van der Waals surface area contributed by atoms with Crippen molar-refractivity contribution in [3.8, 4) is 0 Å². The van der Waals surface area contributed by atoms with Crippen LogP contribution >= 0.6 is 11.6 Å². The van der Waals surface area contributed by atoms with Crippen molar-refractivity contribution in [1.82, 2.24) is 14.8 Å². The van der Waals surface area contributed by atoms with Gasteiger partial charge in [0.2, 0.25) is 5.91 Å². The summed E-state index contributed by atoms with van der Waals surface area (Å²) in [6, 6.07) is 11.2. The van der Waals surface area contributed by atoms with E-state index in [1.807, 2.05) is 41.8 Å². The van der Waals surface area contributed by atoms with Crippen molar-refractivity contribution in [1.29, 1.82) is 0 Å². The summed E-state index contributed by atoms with van der Waals surface area (Å²) in [6.07, 6.45) is 8.27. The van der Waals surface area contributed by atoms with Gasteiger partial charge in [0.25, 0.3) is 5.91 Å². The van der Waals surface area contributed by atoms with Crippen molar-refractivity contribution in [2.45, 2.75) is 70.1 Å². The molecule has 7 heteroatoms. The molecule has 1 N–H and O–H groups in total. The number of amides is 2. The third-order valence-corrected chi connectivity index (χ3v) is 7.38. The van der Waals surface area contributed by atoms with Gasteiger partial charge in [-0.25, -0.2) is 0 Å². The Kier molecular flexibility index (Phi) is 5.49. The van der Waals surface area contributed by atoms with Crippen LogP contribution in [-0.4, -0.2) is 32.9 Å². The Hall–Kier alpha value is -2.73. The zero-order valence-corrected chi connectivity index (χ0v) is 19.0. The average molecular weight is 454 g/mol. The molecule has 0 radical (unpaired) electrons. The number of rotatable bonds is 4. The maximum absolute atomic E-state index is 13.8. The molecule has 5 rings (SSSR count). The highest BCUT2D eigenvalue weighted by Gasteiger charge is 2.48. The van der Waals surface area contributed by atoms with Gasteiger partial charge < -0.3 is 19.2 Å². The van der Waals surface area contributed by atoms with E-state index in [0.29, 0.717) is 22.8 Å². The molecule has 3 aromatic rings. The fourth-order valence-electron chi connectivity index (χ4n) is 5.08. The minimum Gasteiger partial charge on any atom is -0.463 e. The molecule has 1 aliphatic heterocycles. The first kappa shape index (κ1) is 21.1. The highest BCUT2D eigenvalue weighted by atomic mass is 35.5. The van der Waals surface area contributed by atoms with Crippen LogP contribution in [0.25, 0.3) is 11.1 Å². The normalized spacial score (nSPS) is 22.1. The SMILES string of the molecule is CC1(C(=O)NC2CCCCCC2)Cn2c(cc3occc32)C(=O)N1Cc1ccccc1Cl. The van der Waals surface area contributed by atoms with Crippen molar-refractivity contribution in [3.05, 3.63) is 58.9 Å². The predicted octanol–water partition coefficient (Wildman–Crippen LogP) is 5.14. The Morgan fingerprint density at radius 1 is 1.19 bits per heavy atom. The maximum Gasteiger partial charge on any atom is 0.271 e. The van der Waals surface area contributed by atoms with E-state index in [1.54, 1.807) is 17.2 Å². The fraction of sp³-hybridized carbons (Fsp3) is 0.440. The van der Waals surface area contributed by atoms with Gasteiger partial charge in [0, 0.05) is 29.7 Å². The molecule has 1 atom stereocenters. The third-order valence-electron chi connectivity index (χ3n) is 7.01. The van der Waals surface area contributed by atoms with E-state index < -0.39 is 5.54 Å². The van der Waals surface area contributed by atoms with Gasteiger partial charge in [0.15, 0.2) is 5.58 Å². The van der Waals surface area contributed by atoms with Crippen LogP contribution in [0.5, 0.6) is 0 Å². The van der Waals surface area contributed by atoms with E-state index in [0.717, 1.165) is 36.8 Å². The number of hydrogen-bond donors (Lipinski definition) is 1. The van der Waals surface area contributed by atoms with E-state index in [4.69, 9.17) is 16.0 Å². The summed E-state index contributed by atoms with van der Waals surface area (Å²) in [5.41, 5.74) is 1.78. The second kappa shape index (κ2) is 8.32. The largest absolute Gasteiger partial charge is 0.463 e. The minimum absolute atomic E-state index is 0.110. The number of furan rings is 1. The van der Waals surface area contributed by atoms with Crippen LogP contribution in [-0.2, 0) is 17.9 Å². The summed E-state index contributed by atoms with van der Waals surface area (Å²) in [4.78, 5) is 29.1. The highest BCUT2D eigenvalue weighted by molar-refractivity contribution is 6.31. The van der Waals surface area contributed by atoms with E-state index in [-0.39, 0.29) is 24.4 Å². The molecule has 0 bridgehead atoms. The zero-order chi connectivity index (χ0) is 22.3. The zero-order valence-electron chi connectivity index (χ0n) is 18.3. The molecule has 3 heterocycles. The predicted molar refractivity (Wildman–Crippen MR) is 124 cm³/mol. The van der Waals surface area contributed by atoms with E-state index in [1.165, 1.54) is 12.8 Å². The number of fused-ring (bicyclic) bond motifs is 3. The molecular weight excluding hydrogens is 426 g/mol. The van der Waals surface area contributed by atoms with E-state index in [9.17, 15) is 9.59 Å². The molecule has 2 amide bonds.